The number of nitrogens with zero attached hydrogens (tertiary/aromatic N) is 8. The fraction of sp³-hybridized carbons (Fsp3) is 0.387. The molecule has 2 aromatic heterocycles. The minimum Gasteiger partial charge on any atom is -0.336 e. The zero-order chi connectivity index (χ0) is 90.1. The lowest BCUT2D eigenvalue weighted by atomic mass is 9.98. The van der Waals surface area contributed by atoms with Crippen LogP contribution >= 0.6 is 23.5 Å². The van der Waals surface area contributed by atoms with E-state index >= 15 is 4.79 Å². The second kappa shape index (κ2) is 33.1. The molecule has 2 heterocycles. The molecule has 0 N–H and O–H groups in total. The van der Waals surface area contributed by atoms with E-state index in [1.807, 2.05) is 18.7 Å². The van der Waals surface area contributed by atoms with Crippen molar-refractivity contribution in [3.63, 3.8) is 0 Å². The second-order valence-electron chi connectivity index (χ2n) is 22.0. The van der Waals surface area contributed by atoms with Crippen molar-refractivity contribution >= 4 is 35.3 Å². The van der Waals surface area contributed by atoms with Gasteiger partial charge in [0.25, 0.3) is 11.1 Å². The third-order valence-corrected chi connectivity index (χ3v) is 17.7. The van der Waals surface area contributed by atoms with Crippen molar-refractivity contribution in [3.8, 4) is 22.3 Å². The molecule has 12 nitrogen and oxygen atoms in total. The molecule has 2 unspecified atom stereocenters. The highest BCUT2D eigenvalue weighted by atomic mass is 32.2. The maximum atomic E-state index is 15.1. The summed E-state index contributed by atoms with van der Waals surface area (Å²) in [6.45, 7) is 0.948. The number of hydrogen-bond donors (Lipinski definition) is 0. The van der Waals surface area contributed by atoms with Crippen LogP contribution in [-0.2, 0) is 78.5 Å². The molecule has 8 aromatic rings. The lowest BCUT2D eigenvalue weighted by Crippen LogP contribution is -2.42. The molecule has 0 aliphatic heterocycles. The van der Waals surface area contributed by atoms with E-state index in [1.54, 1.807) is 43.0 Å². The van der Waals surface area contributed by atoms with Gasteiger partial charge in [0.05, 0.1) is 41.8 Å². The SMILES string of the molecule is [2H]c1c([2H])c(C([2H])([2H])N(CCN(CC)CC)C(=O)C([2H])([2H])n2c(SCc3ccc(F)cc3)nc(=O)c3c2C([2H])([2H])C([2H])(C)C3([2H])[2H])c([2H])c([2H])c1-c1c([2H])c([2H])c(C(F)(F)F)c(C)c1[2H].[2H]c1c([2H])c(CSc2nc(=O)c3c(n2C([2H])([2H])C(=O)N(CCN(CC)CC)C([2H])(C)c2ccc(-c4ccc(C(F)(F)F)cc4)cc2)CCC3)c([2H])c([2H])c1F. The number of rotatable bonds is 26. The molecular weight excluding hydrogens is 1290 g/mol. The molecule has 97 heavy (non-hydrogen) atoms. The largest absolute Gasteiger partial charge is 0.416 e. The molecule has 0 radical (unpaired) electrons. The van der Waals surface area contributed by atoms with Crippen LogP contribution in [0, 0.1) is 24.5 Å². The molecule has 10 rings (SSSR count). The Morgan fingerprint density at radius 3 is 1.75 bits per heavy atom. The number of thioether (sulfide) groups is 2. The summed E-state index contributed by atoms with van der Waals surface area (Å²) in [6.07, 6.45) is -15.1. The standard InChI is InChI=1S/C38H42F4N4O2S.C37H40F4N4O2S/c1-5-44(6-2)17-18-45(22-27-7-11-29(12-8-27)30-13-16-33(26(4)21-30)38(40,41)42)35(47)23-46-34-20-25(3)19-32(34)36(48)43-37(46)49-24-28-9-14-31(39)15-10-28;1-4-43(5-2)21-22-44(25(3)27-11-13-28(14-12-27)29-15-17-30(18-16-29)37(39,40)41)34(46)23-45-33-8-6-7-32(33)35(47)42-36(45)48-24-26-9-19-31(38)20-10-26/h7-16,21,25H,5-6,17-20,22-24H2,1-4H3;9-20,25H,4-8,21-24H2,1-3H3/i7D,8D,11D,12D,13D,16D,19D2,20D2,21D,22D2,23D2,25D;9D,10D,19D,20D,23D2,25D. The summed E-state index contributed by atoms with van der Waals surface area (Å²) < 4.78 is 313. The van der Waals surface area contributed by atoms with E-state index in [0.29, 0.717) is 84.8 Å². The van der Waals surface area contributed by atoms with Crippen LogP contribution in [0.1, 0.15) is 147 Å². The highest BCUT2D eigenvalue weighted by Gasteiger charge is 2.34. The maximum absolute atomic E-state index is 15.1. The normalized spacial score (nSPS) is 19.9. The van der Waals surface area contributed by atoms with E-state index in [-0.39, 0.29) is 69.0 Å². The van der Waals surface area contributed by atoms with Crippen molar-refractivity contribution in [1.29, 1.82) is 0 Å². The lowest BCUT2D eigenvalue weighted by Gasteiger charge is -2.33. The van der Waals surface area contributed by atoms with Gasteiger partial charge in [-0.05, 0) is 170 Å². The van der Waals surface area contributed by atoms with Gasteiger partial charge in [-0.25, -0.2) is 8.78 Å². The molecule has 2 aliphatic rings. The van der Waals surface area contributed by atoms with Crippen LogP contribution in [0.15, 0.2) is 159 Å². The number of hydrogen-bond acceptors (Lipinski definition) is 10. The number of amides is 2. The lowest BCUT2D eigenvalue weighted by molar-refractivity contribution is -0.138. The van der Waals surface area contributed by atoms with Gasteiger partial charge in [-0.2, -0.15) is 36.3 Å². The Kier molecular flexibility index (Phi) is 16.3. The van der Waals surface area contributed by atoms with Crippen LogP contribution in [0.3, 0.4) is 0 Å². The van der Waals surface area contributed by atoms with Crippen molar-refractivity contribution in [1.82, 2.24) is 38.7 Å². The Morgan fingerprint density at radius 1 is 0.629 bits per heavy atom. The molecule has 0 saturated heterocycles. The summed E-state index contributed by atoms with van der Waals surface area (Å²) in [5.74, 6) is -8.42. The quantitative estimate of drug-likeness (QED) is 0.0295. The molecule has 0 spiro atoms. The third-order valence-electron chi connectivity index (χ3n) is 15.7. The van der Waals surface area contributed by atoms with E-state index in [4.69, 9.17) is 21.9 Å². The van der Waals surface area contributed by atoms with Crippen molar-refractivity contribution in [2.24, 2.45) is 5.89 Å². The summed E-state index contributed by atoms with van der Waals surface area (Å²) in [6, 6.07) is 2.13. The average molecular weight is 1400 g/mol. The Hall–Kier alpha value is -7.92. The van der Waals surface area contributed by atoms with Gasteiger partial charge in [-0.1, -0.05) is 155 Å². The van der Waals surface area contributed by atoms with Gasteiger partial charge in [0.15, 0.2) is 10.3 Å². The first kappa shape index (κ1) is 47.9. The van der Waals surface area contributed by atoms with Crippen LogP contribution in [0.4, 0.5) is 35.1 Å². The van der Waals surface area contributed by atoms with Crippen LogP contribution in [0.25, 0.3) is 22.3 Å². The van der Waals surface area contributed by atoms with Crippen molar-refractivity contribution in [2.45, 2.75) is 140 Å². The average Bonchev–Trinajstić information content (AvgIpc) is 1.51. The Balaban J connectivity index is 0.000000277. The first-order valence-corrected chi connectivity index (χ1v) is 32.7. The summed E-state index contributed by atoms with van der Waals surface area (Å²) >= 11 is 1.25. The maximum Gasteiger partial charge on any atom is 0.416 e. The molecule has 6 aromatic carbocycles. The van der Waals surface area contributed by atoms with E-state index in [1.165, 1.54) is 31.2 Å². The van der Waals surface area contributed by atoms with Gasteiger partial charge in [0.2, 0.25) is 11.8 Å². The smallest absolute Gasteiger partial charge is 0.336 e. The number of fused-ring (bicyclic) bond motifs is 2. The minimum atomic E-state index is -5.20. The second-order valence-corrected chi connectivity index (χ2v) is 23.9. The van der Waals surface area contributed by atoms with Crippen LogP contribution in [0.2, 0.25) is 0 Å². The molecule has 2 amide bonds. The molecule has 2 atom stereocenters. The van der Waals surface area contributed by atoms with Crippen LogP contribution in [-0.4, -0.2) is 103 Å². The van der Waals surface area contributed by atoms with Crippen LogP contribution < -0.4 is 11.1 Å². The Bertz CT molecular complexity index is 5320. The molecule has 22 heteroatoms. The molecule has 514 valence electrons. The Labute approximate surface area is 602 Å². The van der Waals surface area contributed by atoms with Crippen molar-refractivity contribution in [2.75, 3.05) is 52.4 Å². The summed E-state index contributed by atoms with van der Waals surface area (Å²) in [7, 11) is 0. The minimum absolute atomic E-state index is 0.0858. The van der Waals surface area contributed by atoms with Gasteiger partial charge in [-0.15, -0.1) is 0 Å². The van der Waals surface area contributed by atoms with E-state index < -0.39 is 214 Å². The number of benzene rings is 6. The molecular formula is C75H82F8N8O4S2. The van der Waals surface area contributed by atoms with Crippen molar-refractivity contribution in [3.05, 3.63) is 233 Å². The fourth-order valence-electron chi connectivity index (χ4n) is 10.3. The summed E-state index contributed by atoms with van der Waals surface area (Å²) in [5, 5.41) is -1.01. The van der Waals surface area contributed by atoms with E-state index in [0.717, 1.165) is 47.6 Å². The summed E-state index contributed by atoms with van der Waals surface area (Å²) in [4.78, 5) is 69.6. The summed E-state index contributed by atoms with van der Waals surface area (Å²) in [5.41, 5.74) is -8.66. The first-order chi connectivity index (χ1) is 55.4. The fourth-order valence-corrected chi connectivity index (χ4v) is 12.0. The molecule has 2 aliphatic carbocycles. The van der Waals surface area contributed by atoms with Crippen LogP contribution in [0.5, 0.6) is 0 Å². The number of carbonyl (C=O) groups is 2. The van der Waals surface area contributed by atoms with E-state index in [9.17, 15) is 59.1 Å². The topological polar surface area (TPSA) is 117 Å². The first-order valence-electron chi connectivity index (χ1n) is 42.2. The van der Waals surface area contributed by atoms with Gasteiger partial charge < -0.3 is 28.7 Å². The zero-order valence-electron chi connectivity index (χ0n) is 76.7. The number of likely N-dealkylation sites (N-methyl/N-ethyl adjacent to an activating group) is 2. The number of alkyl halides is 6. The molecule has 0 saturated carbocycles. The monoisotopic (exact) mass is 1400 g/mol. The van der Waals surface area contributed by atoms with Gasteiger partial charge in [0, 0.05) is 73.6 Å². The zero-order valence-corrected chi connectivity index (χ0v) is 55.3. The van der Waals surface area contributed by atoms with Gasteiger partial charge in [0.1, 0.15) is 24.6 Å². The number of halogens is 8. The van der Waals surface area contributed by atoms with Gasteiger partial charge >= 0.3 is 12.4 Å². The number of carbonyl (C=O) groups excluding carboxylic acids is 2. The van der Waals surface area contributed by atoms with Gasteiger partial charge in [-0.3, -0.25) is 19.2 Å². The number of aromatic nitrogens is 4. The molecule has 0 fully saturated rings. The van der Waals surface area contributed by atoms with E-state index in [2.05, 4.69) is 9.97 Å². The predicted molar refractivity (Wildman–Crippen MR) is 367 cm³/mol. The Morgan fingerprint density at radius 2 is 1.16 bits per heavy atom. The van der Waals surface area contributed by atoms with Crippen molar-refractivity contribution < 1.29 is 76.2 Å². The highest BCUT2D eigenvalue weighted by molar-refractivity contribution is 7.98. The highest BCUT2D eigenvalue weighted by Crippen LogP contribution is 2.36. The molecule has 0 bridgehead atoms. The third kappa shape index (κ3) is 19.1. The predicted octanol–water partition coefficient (Wildman–Crippen LogP) is 15.6.